The summed E-state index contributed by atoms with van der Waals surface area (Å²) in [5, 5.41) is 5.70. The van der Waals surface area contributed by atoms with E-state index in [1.165, 1.54) is 34.1 Å². The third-order valence-corrected chi connectivity index (χ3v) is 5.75. The molecule has 4 rings (SSSR count). The van der Waals surface area contributed by atoms with Crippen molar-refractivity contribution < 1.29 is 4.39 Å². The highest BCUT2D eigenvalue weighted by molar-refractivity contribution is 7.20. The van der Waals surface area contributed by atoms with Crippen LogP contribution in [0, 0.1) is 5.82 Å². The number of hydrogen-bond acceptors (Lipinski definition) is 5. The van der Waals surface area contributed by atoms with Crippen LogP contribution in [-0.4, -0.2) is 21.1 Å². The number of nitrogens with zero attached hydrogens (tertiary/aromatic N) is 4. The van der Waals surface area contributed by atoms with Crippen molar-refractivity contribution in [3.05, 3.63) is 56.7 Å². The molecule has 1 fully saturated rings. The molecule has 25 heavy (non-hydrogen) atoms. The molecule has 2 aromatic heterocycles. The first-order valence-corrected chi connectivity index (χ1v) is 9.37. The molecule has 1 unspecified atom stereocenters. The van der Waals surface area contributed by atoms with E-state index in [9.17, 15) is 9.18 Å². The summed E-state index contributed by atoms with van der Waals surface area (Å²) in [6, 6.07) is 5.89. The lowest BCUT2D eigenvalue weighted by Crippen LogP contribution is -2.23. The SMILES string of the molecule is CCc1cc(=O)n2nc(N3CCCC3c3cc(F)ccc3Cl)sc2n1. The maximum atomic E-state index is 13.7. The van der Waals surface area contributed by atoms with Gasteiger partial charge in [0.2, 0.25) is 10.1 Å². The Hall–Kier alpha value is -1.99. The molecule has 0 spiro atoms. The van der Waals surface area contributed by atoms with Crippen LogP contribution >= 0.6 is 22.9 Å². The Morgan fingerprint density at radius 1 is 1.40 bits per heavy atom. The first-order valence-electron chi connectivity index (χ1n) is 8.18. The summed E-state index contributed by atoms with van der Waals surface area (Å²) >= 11 is 7.67. The molecule has 1 aliphatic heterocycles. The van der Waals surface area contributed by atoms with Crippen molar-refractivity contribution in [3.63, 3.8) is 0 Å². The normalized spacial score (nSPS) is 17.6. The minimum Gasteiger partial charge on any atom is -0.340 e. The van der Waals surface area contributed by atoms with E-state index in [-0.39, 0.29) is 17.4 Å². The molecule has 0 bridgehead atoms. The van der Waals surface area contributed by atoms with Gasteiger partial charge in [-0.15, -0.1) is 5.10 Å². The van der Waals surface area contributed by atoms with E-state index >= 15 is 0 Å². The summed E-state index contributed by atoms with van der Waals surface area (Å²) in [6.45, 7) is 2.75. The van der Waals surface area contributed by atoms with E-state index in [2.05, 4.69) is 15.0 Å². The van der Waals surface area contributed by atoms with Gasteiger partial charge in [0.25, 0.3) is 5.56 Å². The van der Waals surface area contributed by atoms with Gasteiger partial charge in [0, 0.05) is 23.3 Å². The summed E-state index contributed by atoms with van der Waals surface area (Å²) in [6.07, 6.45) is 2.52. The van der Waals surface area contributed by atoms with E-state index in [0.717, 1.165) is 30.6 Å². The van der Waals surface area contributed by atoms with Crippen molar-refractivity contribution in [1.82, 2.24) is 14.6 Å². The number of halogens is 2. The maximum Gasteiger partial charge on any atom is 0.275 e. The van der Waals surface area contributed by atoms with Crippen LogP contribution in [0.25, 0.3) is 4.96 Å². The highest BCUT2D eigenvalue weighted by Crippen LogP contribution is 2.40. The Morgan fingerprint density at radius 2 is 2.24 bits per heavy atom. The Balaban J connectivity index is 1.78. The first kappa shape index (κ1) is 16.5. The molecule has 0 saturated carbocycles. The zero-order valence-electron chi connectivity index (χ0n) is 13.6. The van der Waals surface area contributed by atoms with Crippen molar-refractivity contribution >= 4 is 33.0 Å². The van der Waals surface area contributed by atoms with Crippen molar-refractivity contribution in [2.45, 2.75) is 32.2 Å². The molecule has 0 amide bonds. The van der Waals surface area contributed by atoms with Crippen LogP contribution in [0.3, 0.4) is 0 Å². The third-order valence-electron chi connectivity index (χ3n) is 4.47. The van der Waals surface area contributed by atoms with Crippen molar-refractivity contribution in [2.24, 2.45) is 0 Å². The average molecular weight is 379 g/mol. The second-order valence-corrected chi connectivity index (χ2v) is 7.38. The fourth-order valence-electron chi connectivity index (χ4n) is 3.23. The van der Waals surface area contributed by atoms with Gasteiger partial charge >= 0.3 is 0 Å². The highest BCUT2D eigenvalue weighted by Gasteiger charge is 2.30. The summed E-state index contributed by atoms with van der Waals surface area (Å²) in [5.41, 5.74) is 1.34. The number of hydrogen-bond donors (Lipinski definition) is 0. The molecule has 1 saturated heterocycles. The predicted octanol–water partition coefficient (Wildman–Crippen LogP) is 3.85. The quantitative estimate of drug-likeness (QED) is 0.694. The van der Waals surface area contributed by atoms with Gasteiger partial charge in [0.15, 0.2) is 0 Å². The summed E-state index contributed by atoms with van der Waals surface area (Å²) in [4.78, 5) is 19.4. The number of benzene rings is 1. The van der Waals surface area contributed by atoms with Gasteiger partial charge in [-0.2, -0.15) is 4.52 Å². The van der Waals surface area contributed by atoms with Crippen molar-refractivity contribution in [2.75, 3.05) is 11.4 Å². The Kier molecular flexibility index (Phi) is 4.21. The van der Waals surface area contributed by atoms with Crippen LogP contribution in [0.2, 0.25) is 5.02 Å². The monoisotopic (exact) mass is 378 g/mol. The van der Waals surface area contributed by atoms with E-state index in [1.807, 2.05) is 6.92 Å². The lowest BCUT2D eigenvalue weighted by molar-refractivity contribution is 0.618. The molecule has 0 N–H and O–H groups in total. The predicted molar refractivity (Wildman–Crippen MR) is 97.2 cm³/mol. The maximum absolute atomic E-state index is 13.7. The fourth-order valence-corrected chi connectivity index (χ4v) is 4.48. The summed E-state index contributed by atoms with van der Waals surface area (Å²) in [7, 11) is 0. The van der Waals surface area contributed by atoms with Crippen molar-refractivity contribution in [3.8, 4) is 0 Å². The second-order valence-electron chi connectivity index (χ2n) is 6.04. The van der Waals surface area contributed by atoms with Gasteiger partial charge in [0.1, 0.15) is 5.82 Å². The second kappa shape index (κ2) is 6.38. The molecule has 1 aromatic carbocycles. The van der Waals surface area contributed by atoms with E-state index in [1.54, 1.807) is 6.07 Å². The summed E-state index contributed by atoms with van der Waals surface area (Å²) in [5.74, 6) is -0.305. The lowest BCUT2D eigenvalue weighted by atomic mass is 10.0. The molecule has 0 radical (unpaired) electrons. The highest BCUT2D eigenvalue weighted by atomic mass is 35.5. The van der Waals surface area contributed by atoms with Crippen LogP contribution in [0.5, 0.6) is 0 Å². The minimum atomic E-state index is -0.305. The van der Waals surface area contributed by atoms with Crippen LogP contribution in [-0.2, 0) is 6.42 Å². The van der Waals surface area contributed by atoms with Gasteiger partial charge in [-0.25, -0.2) is 9.37 Å². The largest absolute Gasteiger partial charge is 0.340 e. The van der Waals surface area contributed by atoms with Crippen molar-refractivity contribution in [1.29, 1.82) is 0 Å². The van der Waals surface area contributed by atoms with E-state index in [0.29, 0.717) is 21.5 Å². The van der Waals surface area contributed by atoms with Gasteiger partial charge in [-0.3, -0.25) is 4.79 Å². The van der Waals surface area contributed by atoms with E-state index in [4.69, 9.17) is 11.6 Å². The minimum absolute atomic E-state index is 0.0508. The van der Waals surface area contributed by atoms with Gasteiger partial charge in [0.05, 0.1) is 6.04 Å². The zero-order valence-corrected chi connectivity index (χ0v) is 15.1. The molecule has 0 aliphatic carbocycles. The van der Waals surface area contributed by atoms with Crippen LogP contribution in [0.1, 0.15) is 37.1 Å². The Bertz CT molecular complexity index is 1000. The molecule has 5 nitrogen and oxygen atoms in total. The molecule has 130 valence electrons. The third kappa shape index (κ3) is 2.91. The fraction of sp³-hybridized carbons (Fsp3) is 0.353. The molecular weight excluding hydrogens is 363 g/mol. The number of fused-ring (bicyclic) bond motifs is 1. The molecule has 3 heterocycles. The average Bonchev–Trinajstić information content (AvgIpc) is 3.23. The van der Waals surface area contributed by atoms with E-state index < -0.39 is 0 Å². The van der Waals surface area contributed by atoms with Gasteiger partial charge in [-0.1, -0.05) is 29.9 Å². The molecule has 3 aromatic rings. The molecule has 1 atom stereocenters. The van der Waals surface area contributed by atoms with Crippen LogP contribution in [0.15, 0.2) is 29.1 Å². The smallest absolute Gasteiger partial charge is 0.275 e. The van der Waals surface area contributed by atoms with Crippen LogP contribution in [0.4, 0.5) is 9.52 Å². The topological polar surface area (TPSA) is 50.5 Å². The lowest BCUT2D eigenvalue weighted by Gasteiger charge is -2.24. The van der Waals surface area contributed by atoms with Crippen LogP contribution < -0.4 is 10.5 Å². The standard InChI is InChI=1S/C17H16ClFN4OS/c1-2-11-9-15(24)23-16(20-11)25-17(21-23)22-7-3-4-14(22)12-8-10(19)5-6-13(12)18/h5-6,8-9,14H,2-4,7H2,1H3. The first-order chi connectivity index (χ1) is 12.1. The molecule has 1 aliphatic rings. The Morgan fingerprint density at radius 3 is 3.04 bits per heavy atom. The number of aromatic nitrogens is 3. The Labute approximate surface area is 152 Å². The number of aryl methyl sites for hydroxylation is 1. The zero-order chi connectivity index (χ0) is 17.6. The molecule has 8 heteroatoms. The summed E-state index contributed by atoms with van der Waals surface area (Å²) < 4.78 is 15.0. The number of rotatable bonds is 3. The van der Waals surface area contributed by atoms with Gasteiger partial charge in [-0.05, 0) is 43.0 Å². The number of anilines is 1. The molecular formula is C17H16ClFN4OS. The van der Waals surface area contributed by atoms with Gasteiger partial charge < -0.3 is 4.90 Å².